The fourth-order valence-corrected chi connectivity index (χ4v) is 2.73. The van der Waals surface area contributed by atoms with E-state index in [0.29, 0.717) is 12.0 Å². The summed E-state index contributed by atoms with van der Waals surface area (Å²) in [5.74, 6) is 3.15. The zero-order chi connectivity index (χ0) is 11.7. The van der Waals surface area contributed by atoms with Gasteiger partial charge in [-0.2, -0.15) is 4.98 Å². The minimum Gasteiger partial charge on any atom is -0.339 e. The van der Waals surface area contributed by atoms with Gasteiger partial charge in [0.05, 0.1) is 0 Å². The maximum absolute atomic E-state index is 5.42. The molecule has 0 saturated heterocycles. The molecule has 4 nitrogen and oxygen atoms in total. The summed E-state index contributed by atoms with van der Waals surface area (Å²) >= 11 is 0. The lowest BCUT2D eigenvalue weighted by molar-refractivity contribution is 0.287. The van der Waals surface area contributed by atoms with Gasteiger partial charge in [0.25, 0.3) is 0 Å². The van der Waals surface area contributed by atoms with Crippen LogP contribution >= 0.6 is 0 Å². The smallest absolute Gasteiger partial charge is 0.229 e. The fraction of sp³-hybridized carbons (Fsp3) is 0.846. The first-order chi connectivity index (χ1) is 8.35. The summed E-state index contributed by atoms with van der Waals surface area (Å²) in [4.78, 5) is 4.57. The van der Waals surface area contributed by atoms with E-state index in [-0.39, 0.29) is 0 Å². The molecule has 1 N–H and O–H groups in total. The number of nitrogens with one attached hydrogen (secondary N) is 1. The molecule has 0 aromatic carbocycles. The van der Waals surface area contributed by atoms with Crippen LogP contribution in [0, 0.1) is 5.92 Å². The van der Waals surface area contributed by atoms with Crippen LogP contribution in [-0.2, 0) is 6.42 Å². The summed E-state index contributed by atoms with van der Waals surface area (Å²) in [5, 5.41) is 7.46. The summed E-state index contributed by atoms with van der Waals surface area (Å²) in [6, 6.07) is 0.681. The molecule has 3 rings (SSSR count). The number of aromatic nitrogens is 2. The highest BCUT2D eigenvalue weighted by molar-refractivity contribution is 4.98. The predicted molar refractivity (Wildman–Crippen MR) is 64.8 cm³/mol. The van der Waals surface area contributed by atoms with E-state index < -0.39 is 0 Å². The third kappa shape index (κ3) is 2.68. The van der Waals surface area contributed by atoms with E-state index in [2.05, 4.69) is 15.5 Å². The molecule has 0 amide bonds. The lowest BCUT2D eigenvalue weighted by Gasteiger charge is -2.25. The van der Waals surface area contributed by atoms with Gasteiger partial charge in [0, 0.05) is 18.4 Å². The van der Waals surface area contributed by atoms with E-state index >= 15 is 0 Å². The Morgan fingerprint density at radius 2 is 1.94 bits per heavy atom. The van der Waals surface area contributed by atoms with Gasteiger partial charge in [-0.15, -0.1) is 0 Å². The molecule has 94 valence electrons. The van der Waals surface area contributed by atoms with Crippen LogP contribution < -0.4 is 5.32 Å². The predicted octanol–water partition coefficient (Wildman–Crippen LogP) is 2.27. The van der Waals surface area contributed by atoms with E-state index in [9.17, 15) is 0 Å². The number of hydrogen-bond donors (Lipinski definition) is 1. The van der Waals surface area contributed by atoms with Crippen molar-refractivity contribution in [2.75, 3.05) is 7.05 Å². The Hall–Kier alpha value is -0.900. The molecule has 2 aliphatic carbocycles. The molecule has 2 saturated carbocycles. The third-order valence-corrected chi connectivity index (χ3v) is 4.14. The molecule has 17 heavy (non-hydrogen) atoms. The van der Waals surface area contributed by atoms with Gasteiger partial charge in [-0.05, 0) is 51.5 Å². The van der Waals surface area contributed by atoms with Crippen LogP contribution in [0.4, 0.5) is 0 Å². The Morgan fingerprint density at radius 3 is 2.59 bits per heavy atom. The van der Waals surface area contributed by atoms with Crippen molar-refractivity contribution in [2.24, 2.45) is 5.92 Å². The Labute approximate surface area is 102 Å². The summed E-state index contributed by atoms with van der Waals surface area (Å²) in [7, 11) is 2.05. The van der Waals surface area contributed by atoms with Gasteiger partial charge in [0.15, 0.2) is 5.82 Å². The Bertz CT molecular complexity index is 364. The summed E-state index contributed by atoms with van der Waals surface area (Å²) in [6.45, 7) is 0. The number of nitrogens with zero attached hydrogens (tertiary/aromatic N) is 2. The first-order valence-corrected chi connectivity index (χ1v) is 6.85. The molecule has 2 aliphatic rings. The molecule has 1 heterocycles. The van der Waals surface area contributed by atoms with Crippen LogP contribution in [0.15, 0.2) is 4.52 Å². The minimum atomic E-state index is 0.500. The van der Waals surface area contributed by atoms with Crippen molar-refractivity contribution in [1.82, 2.24) is 15.5 Å². The SMILES string of the molecule is CNC1CCC(c2nc(CC3CC3)no2)CC1. The van der Waals surface area contributed by atoms with Crippen molar-refractivity contribution in [3.8, 4) is 0 Å². The first kappa shape index (κ1) is 11.2. The standard InChI is InChI=1S/C13H21N3O/c1-14-11-6-4-10(5-7-11)13-15-12(16-17-13)8-9-2-3-9/h9-11,14H,2-8H2,1H3. The molecule has 4 heteroatoms. The fourth-order valence-electron chi connectivity index (χ4n) is 2.73. The topological polar surface area (TPSA) is 51.0 Å². The van der Waals surface area contributed by atoms with E-state index in [1.54, 1.807) is 0 Å². The highest BCUT2D eigenvalue weighted by atomic mass is 16.5. The van der Waals surface area contributed by atoms with Crippen LogP contribution in [0.1, 0.15) is 56.2 Å². The molecular weight excluding hydrogens is 214 g/mol. The van der Waals surface area contributed by atoms with Gasteiger partial charge in [-0.25, -0.2) is 0 Å². The van der Waals surface area contributed by atoms with Crippen LogP contribution in [0.5, 0.6) is 0 Å². The van der Waals surface area contributed by atoms with Crippen molar-refractivity contribution in [3.05, 3.63) is 11.7 Å². The minimum absolute atomic E-state index is 0.500. The maximum Gasteiger partial charge on any atom is 0.229 e. The van der Waals surface area contributed by atoms with Gasteiger partial charge in [0.1, 0.15) is 0 Å². The zero-order valence-electron chi connectivity index (χ0n) is 10.5. The van der Waals surface area contributed by atoms with Gasteiger partial charge in [-0.3, -0.25) is 0 Å². The van der Waals surface area contributed by atoms with E-state index in [1.807, 2.05) is 7.05 Å². The van der Waals surface area contributed by atoms with E-state index in [1.165, 1.54) is 38.5 Å². The van der Waals surface area contributed by atoms with E-state index in [0.717, 1.165) is 24.1 Å². The molecule has 1 aromatic heterocycles. The van der Waals surface area contributed by atoms with Crippen LogP contribution in [-0.4, -0.2) is 23.2 Å². The van der Waals surface area contributed by atoms with Crippen molar-refractivity contribution < 1.29 is 4.52 Å². The summed E-state index contributed by atoms with van der Waals surface area (Å²) in [6.07, 6.45) is 8.51. The molecule has 0 atom stereocenters. The van der Waals surface area contributed by atoms with Crippen LogP contribution in [0.3, 0.4) is 0 Å². The molecule has 2 fully saturated rings. The second-order valence-electron chi connectivity index (χ2n) is 5.53. The third-order valence-electron chi connectivity index (χ3n) is 4.14. The van der Waals surface area contributed by atoms with E-state index in [4.69, 9.17) is 4.52 Å². The monoisotopic (exact) mass is 235 g/mol. The molecule has 0 radical (unpaired) electrons. The quantitative estimate of drug-likeness (QED) is 0.869. The Kier molecular flexibility index (Phi) is 3.14. The molecule has 0 unspecified atom stereocenters. The van der Waals surface area contributed by atoms with Crippen LogP contribution in [0.2, 0.25) is 0 Å². The maximum atomic E-state index is 5.42. The normalized spacial score (nSPS) is 29.5. The number of hydrogen-bond acceptors (Lipinski definition) is 4. The summed E-state index contributed by atoms with van der Waals surface area (Å²) in [5.41, 5.74) is 0. The van der Waals surface area contributed by atoms with Crippen LogP contribution in [0.25, 0.3) is 0 Å². The van der Waals surface area contributed by atoms with Gasteiger partial charge in [-0.1, -0.05) is 5.16 Å². The highest BCUT2D eigenvalue weighted by Gasteiger charge is 2.28. The van der Waals surface area contributed by atoms with Gasteiger partial charge in [0.2, 0.25) is 5.89 Å². The second kappa shape index (κ2) is 4.77. The molecule has 0 spiro atoms. The van der Waals surface area contributed by atoms with Gasteiger partial charge < -0.3 is 9.84 Å². The average Bonchev–Trinajstić information content (AvgIpc) is 3.06. The second-order valence-corrected chi connectivity index (χ2v) is 5.53. The van der Waals surface area contributed by atoms with Gasteiger partial charge >= 0.3 is 0 Å². The molecule has 1 aromatic rings. The summed E-state index contributed by atoms with van der Waals surface area (Å²) < 4.78 is 5.42. The number of rotatable bonds is 4. The van der Waals surface area contributed by atoms with Crippen molar-refractivity contribution in [3.63, 3.8) is 0 Å². The first-order valence-electron chi connectivity index (χ1n) is 6.85. The highest BCUT2D eigenvalue weighted by Crippen LogP contribution is 2.34. The molecular formula is C13H21N3O. The average molecular weight is 235 g/mol. The lowest BCUT2D eigenvalue weighted by Crippen LogP contribution is -2.29. The Balaban J connectivity index is 1.58. The molecule has 0 bridgehead atoms. The van der Waals surface area contributed by atoms with Crippen molar-refractivity contribution in [2.45, 2.75) is 56.9 Å². The van der Waals surface area contributed by atoms with Crippen molar-refractivity contribution in [1.29, 1.82) is 0 Å². The molecule has 0 aliphatic heterocycles. The lowest BCUT2D eigenvalue weighted by atomic mass is 9.86. The largest absolute Gasteiger partial charge is 0.339 e. The Morgan fingerprint density at radius 1 is 1.18 bits per heavy atom. The van der Waals surface area contributed by atoms with Crippen molar-refractivity contribution >= 4 is 0 Å². The zero-order valence-corrected chi connectivity index (χ0v) is 10.5.